The Bertz CT molecular complexity index is 578. The van der Waals surface area contributed by atoms with Gasteiger partial charge in [-0.3, -0.25) is 0 Å². The minimum Gasteiger partial charge on any atom is -0.327 e. The maximum Gasteiger partial charge on any atom is 0.127 e. The van der Waals surface area contributed by atoms with Crippen LogP contribution >= 0.6 is 34.2 Å². The zero-order valence-corrected chi connectivity index (χ0v) is 15.1. The molecule has 0 fully saturated rings. The average molecular weight is 406 g/mol. The standard InChI is InChI=1S/C15H21ClIN3/c1-11(16)15-18-13-10-12(17)6-7-14(13)20(15)9-5-4-8-19(2)3/h6-7,10-11H,4-5,8-9H2,1-3H3. The van der Waals surface area contributed by atoms with E-state index in [-0.39, 0.29) is 5.38 Å². The van der Waals surface area contributed by atoms with Gasteiger partial charge in [-0.1, -0.05) is 0 Å². The van der Waals surface area contributed by atoms with Gasteiger partial charge in [-0.25, -0.2) is 4.98 Å². The molecule has 0 saturated heterocycles. The number of hydrogen-bond acceptors (Lipinski definition) is 2. The molecule has 0 amide bonds. The van der Waals surface area contributed by atoms with Crippen molar-refractivity contribution < 1.29 is 0 Å². The number of nitrogens with zero attached hydrogens (tertiary/aromatic N) is 3. The van der Waals surface area contributed by atoms with E-state index in [0.717, 1.165) is 30.9 Å². The van der Waals surface area contributed by atoms with Crippen LogP contribution in [0.5, 0.6) is 0 Å². The Balaban J connectivity index is 2.22. The summed E-state index contributed by atoms with van der Waals surface area (Å²) in [6.45, 7) is 4.09. The van der Waals surface area contributed by atoms with Crippen LogP contribution in [0.4, 0.5) is 0 Å². The van der Waals surface area contributed by atoms with E-state index in [2.05, 4.69) is 64.4 Å². The van der Waals surface area contributed by atoms with Gasteiger partial charge in [-0.2, -0.15) is 0 Å². The largest absolute Gasteiger partial charge is 0.327 e. The van der Waals surface area contributed by atoms with Gasteiger partial charge >= 0.3 is 0 Å². The maximum atomic E-state index is 6.29. The first-order valence-electron chi connectivity index (χ1n) is 6.93. The Morgan fingerprint density at radius 1 is 1.35 bits per heavy atom. The first-order valence-corrected chi connectivity index (χ1v) is 8.45. The van der Waals surface area contributed by atoms with Crippen molar-refractivity contribution in [1.29, 1.82) is 0 Å². The lowest BCUT2D eigenvalue weighted by molar-refractivity contribution is 0.387. The summed E-state index contributed by atoms with van der Waals surface area (Å²) in [7, 11) is 4.22. The van der Waals surface area contributed by atoms with E-state index in [4.69, 9.17) is 16.6 Å². The van der Waals surface area contributed by atoms with Gasteiger partial charge in [-0.15, -0.1) is 11.6 Å². The second kappa shape index (κ2) is 7.09. The second-order valence-corrected chi connectivity index (χ2v) is 7.28. The van der Waals surface area contributed by atoms with Crippen molar-refractivity contribution in [3.8, 4) is 0 Å². The number of imidazole rings is 1. The quantitative estimate of drug-likeness (QED) is 0.406. The van der Waals surface area contributed by atoms with Gasteiger partial charge in [0.15, 0.2) is 0 Å². The van der Waals surface area contributed by atoms with Crippen LogP contribution in [0.15, 0.2) is 18.2 Å². The molecule has 1 heterocycles. The Kier molecular flexibility index (Phi) is 5.69. The minimum atomic E-state index is -0.0612. The van der Waals surface area contributed by atoms with Gasteiger partial charge in [0.05, 0.1) is 16.4 Å². The van der Waals surface area contributed by atoms with Crippen molar-refractivity contribution in [3.63, 3.8) is 0 Å². The normalized spacial score (nSPS) is 13.3. The summed E-state index contributed by atoms with van der Waals surface area (Å²) in [5.41, 5.74) is 2.24. The predicted molar refractivity (Wildman–Crippen MR) is 94.5 cm³/mol. The fourth-order valence-corrected chi connectivity index (χ4v) is 3.00. The summed E-state index contributed by atoms with van der Waals surface area (Å²) in [4.78, 5) is 6.92. The zero-order valence-electron chi connectivity index (χ0n) is 12.2. The molecule has 2 aromatic rings. The number of aromatic nitrogens is 2. The number of alkyl halides is 1. The number of unbranched alkanes of at least 4 members (excludes halogenated alkanes) is 1. The molecule has 1 atom stereocenters. The van der Waals surface area contributed by atoms with E-state index in [9.17, 15) is 0 Å². The van der Waals surface area contributed by atoms with Crippen molar-refractivity contribution in [2.45, 2.75) is 31.7 Å². The summed E-state index contributed by atoms with van der Waals surface area (Å²) in [5.74, 6) is 0.980. The molecule has 5 heteroatoms. The summed E-state index contributed by atoms with van der Waals surface area (Å²) in [6, 6.07) is 6.40. The van der Waals surface area contributed by atoms with Crippen molar-refractivity contribution in [2.75, 3.05) is 20.6 Å². The number of benzene rings is 1. The van der Waals surface area contributed by atoms with Crippen LogP contribution in [0, 0.1) is 3.57 Å². The van der Waals surface area contributed by atoms with Crippen molar-refractivity contribution in [1.82, 2.24) is 14.5 Å². The van der Waals surface area contributed by atoms with E-state index in [1.165, 1.54) is 15.5 Å². The molecule has 0 aliphatic rings. The summed E-state index contributed by atoms with van der Waals surface area (Å²) in [5, 5.41) is -0.0612. The van der Waals surface area contributed by atoms with Gasteiger partial charge in [0.1, 0.15) is 5.82 Å². The average Bonchev–Trinajstić information content (AvgIpc) is 2.72. The molecule has 0 bridgehead atoms. The lowest BCUT2D eigenvalue weighted by Crippen LogP contribution is -2.14. The van der Waals surface area contributed by atoms with Crippen LogP contribution < -0.4 is 0 Å². The molecule has 20 heavy (non-hydrogen) atoms. The van der Waals surface area contributed by atoms with Crippen LogP contribution in [-0.4, -0.2) is 35.1 Å². The summed E-state index contributed by atoms with van der Waals surface area (Å²) < 4.78 is 3.49. The van der Waals surface area contributed by atoms with Crippen molar-refractivity contribution in [3.05, 3.63) is 27.6 Å². The third kappa shape index (κ3) is 3.86. The molecule has 0 N–H and O–H groups in total. The third-order valence-electron chi connectivity index (χ3n) is 3.33. The molecule has 3 nitrogen and oxygen atoms in total. The first-order chi connectivity index (χ1) is 9.49. The third-order valence-corrected chi connectivity index (χ3v) is 4.20. The highest BCUT2D eigenvalue weighted by Crippen LogP contribution is 2.26. The fourth-order valence-electron chi connectivity index (χ4n) is 2.36. The molecule has 2 rings (SSSR count). The zero-order chi connectivity index (χ0) is 14.7. The fraction of sp³-hybridized carbons (Fsp3) is 0.533. The number of halogens is 2. The Labute approximate surface area is 139 Å². The van der Waals surface area contributed by atoms with E-state index < -0.39 is 0 Å². The molecule has 0 spiro atoms. The van der Waals surface area contributed by atoms with Crippen molar-refractivity contribution in [2.24, 2.45) is 0 Å². The molecule has 0 radical (unpaired) electrons. The van der Waals surface area contributed by atoms with Crippen LogP contribution in [0.1, 0.15) is 31.0 Å². The summed E-state index contributed by atoms with van der Waals surface area (Å²) in [6.07, 6.45) is 2.33. The molecule has 1 unspecified atom stereocenters. The van der Waals surface area contributed by atoms with E-state index in [1.807, 2.05) is 6.92 Å². The van der Waals surface area contributed by atoms with Crippen LogP contribution in [0.2, 0.25) is 0 Å². The van der Waals surface area contributed by atoms with Crippen LogP contribution in [0.3, 0.4) is 0 Å². The molecule has 1 aromatic heterocycles. The van der Waals surface area contributed by atoms with E-state index in [1.54, 1.807) is 0 Å². The Hall–Kier alpha value is -0.330. The monoisotopic (exact) mass is 405 g/mol. The van der Waals surface area contributed by atoms with Gasteiger partial charge < -0.3 is 9.47 Å². The Morgan fingerprint density at radius 3 is 2.75 bits per heavy atom. The highest BCUT2D eigenvalue weighted by molar-refractivity contribution is 14.1. The highest BCUT2D eigenvalue weighted by atomic mass is 127. The predicted octanol–water partition coefficient (Wildman–Crippen LogP) is 4.28. The van der Waals surface area contributed by atoms with Gasteiger partial charge in [0.25, 0.3) is 0 Å². The molecule has 0 aliphatic heterocycles. The molecule has 1 aromatic carbocycles. The number of rotatable bonds is 6. The van der Waals surface area contributed by atoms with Crippen LogP contribution in [-0.2, 0) is 6.54 Å². The topological polar surface area (TPSA) is 21.1 Å². The smallest absolute Gasteiger partial charge is 0.127 e. The first kappa shape index (κ1) is 16.0. The molecule has 0 saturated carbocycles. The van der Waals surface area contributed by atoms with E-state index >= 15 is 0 Å². The second-order valence-electron chi connectivity index (χ2n) is 5.38. The molecular formula is C15H21ClIN3. The highest BCUT2D eigenvalue weighted by Gasteiger charge is 2.14. The van der Waals surface area contributed by atoms with Gasteiger partial charge in [0.2, 0.25) is 0 Å². The molecular weight excluding hydrogens is 385 g/mol. The molecule has 0 aliphatic carbocycles. The van der Waals surface area contributed by atoms with E-state index in [0.29, 0.717) is 0 Å². The maximum absolute atomic E-state index is 6.29. The van der Waals surface area contributed by atoms with Crippen LogP contribution in [0.25, 0.3) is 11.0 Å². The lowest BCUT2D eigenvalue weighted by atomic mass is 10.2. The van der Waals surface area contributed by atoms with Gasteiger partial charge in [0, 0.05) is 10.1 Å². The molecule has 110 valence electrons. The van der Waals surface area contributed by atoms with Gasteiger partial charge in [-0.05, 0) is 81.2 Å². The SMILES string of the molecule is CC(Cl)c1nc2cc(I)ccc2n1CCCCN(C)C. The summed E-state index contributed by atoms with van der Waals surface area (Å²) >= 11 is 8.61. The number of fused-ring (bicyclic) bond motifs is 1. The minimum absolute atomic E-state index is 0.0612. The Morgan fingerprint density at radius 2 is 2.10 bits per heavy atom. The number of aryl methyl sites for hydroxylation is 1. The van der Waals surface area contributed by atoms with Crippen molar-refractivity contribution >= 4 is 45.2 Å². The number of hydrogen-bond donors (Lipinski definition) is 0. The lowest BCUT2D eigenvalue weighted by Gasteiger charge is -2.12.